The van der Waals surface area contributed by atoms with Crippen LogP contribution in [0.1, 0.15) is 93.0 Å². The predicted octanol–water partition coefficient (Wildman–Crippen LogP) is 9.73. The maximum Gasteiger partial charge on any atom is 0.408 e. The van der Waals surface area contributed by atoms with Gasteiger partial charge in [0.2, 0.25) is 0 Å². The number of ether oxygens (including phenoxy) is 2. The lowest BCUT2D eigenvalue weighted by Crippen LogP contribution is -2.37. The van der Waals surface area contributed by atoms with Gasteiger partial charge in [-0.2, -0.15) is 0 Å². The molecular weight excluding hydrogens is 628 g/mol. The van der Waals surface area contributed by atoms with Gasteiger partial charge in [-0.05, 0) is 93.0 Å². The van der Waals surface area contributed by atoms with Gasteiger partial charge in [-0.3, -0.25) is 0 Å². The van der Waals surface area contributed by atoms with Crippen LogP contribution in [-0.2, 0) is 9.47 Å². The minimum absolute atomic E-state index is 0.105. The summed E-state index contributed by atoms with van der Waals surface area (Å²) in [5.41, 5.74) is 4.70. The lowest BCUT2D eigenvalue weighted by molar-refractivity contribution is 0.0475. The van der Waals surface area contributed by atoms with Crippen LogP contribution in [0.15, 0.2) is 73.1 Å². The number of rotatable bonds is 9. The Morgan fingerprint density at radius 1 is 0.660 bits per heavy atom. The van der Waals surface area contributed by atoms with Crippen molar-refractivity contribution in [2.75, 3.05) is 0 Å². The van der Waals surface area contributed by atoms with Crippen LogP contribution in [0, 0.1) is 11.8 Å². The Bertz CT molecular complexity index is 1940. The molecule has 5 aromatic rings. The molecule has 0 aliphatic carbocycles. The lowest BCUT2D eigenvalue weighted by atomic mass is 9.98. The second kappa shape index (κ2) is 14.4. The van der Waals surface area contributed by atoms with Gasteiger partial charge < -0.3 is 30.1 Å². The number of fused-ring (bicyclic) bond motifs is 1. The summed E-state index contributed by atoms with van der Waals surface area (Å²) in [6, 6.07) is 20.5. The SMILES string of the molecule is CC(C)[C@H](NC(=O)OC(C)(C)C)c1nc(-c2ccc3cc(-c4ccc(-c5cnc([C@@H](NC(=O)OC(C)(C)C)C(C)C)[nH]5)cc4)ccc3c2)c[nH]1. The normalized spacial score (nSPS) is 13.4. The highest BCUT2D eigenvalue weighted by molar-refractivity contribution is 5.90. The van der Waals surface area contributed by atoms with E-state index in [0.717, 1.165) is 44.4 Å². The second-order valence-corrected chi connectivity index (χ2v) is 15.4. The van der Waals surface area contributed by atoms with E-state index in [-0.39, 0.29) is 23.9 Å². The highest BCUT2D eigenvalue weighted by Gasteiger charge is 2.26. The Morgan fingerprint density at radius 3 is 1.68 bits per heavy atom. The number of aromatic amines is 2. The Labute approximate surface area is 294 Å². The van der Waals surface area contributed by atoms with Crippen LogP contribution in [0.4, 0.5) is 9.59 Å². The van der Waals surface area contributed by atoms with E-state index in [1.165, 1.54) is 0 Å². The molecule has 0 saturated heterocycles. The number of amides is 2. The van der Waals surface area contributed by atoms with E-state index in [1.807, 2.05) is 75.4 Å². The largest absolute Gasteiger partial charge is 0.444 e. The number of alkyl carbamates (subject to hydrolysis) is 2. The minimum Gasteiger partial charge on any atom is -0.444 e. The lowest BCUT2D eigenvalue weighted by Gasteiger charge is -2.24. The summed E-state index contributed by atoms with van der Waals surface area (Å²) < 4.78 is 10.9. The van der Waals surface area contributed by atoms with Crippen molar-refractivity contribution < 1.29 is 19.1 Å². The van der Waals surface area contributed by atoms with Crippen LogP contribution in [0.25, 0.3) is 44.4 Å². The summed E-state index contributed by atoms with van der Waals surface area (Å²) in [6.07, 6.45) is 2.74. The van der Waals surface area contributed by atoms with Gasteiger partial charge in [0.15, 0.2) is 0 Å². The molecule has 0 fully saturated rings. The van der Waals surface area contributed by atoms with Gasteiger partial charge in [-0.15, -0.1) is 0 Å². The number of nitrogens with zero attached hydrogens (tertiary/aromatic N) is 2. The van der Waals surface area contributed by atoms with Gasteiger partial charge in [-0.25, -0.2) is 19.6 Å². The number of hydrogen-bond donors (Lipinski definition) is 4. The summed E-state index contributed by atoms with van der Waals surface area (Å²) in [6.45, 7) is 19.2. The van der Waals surface area contributed by atoms with Crippen molar-refractivity contribution in [3.05, 3.63) is 84.7 Å². The van der Waals surface area contributed by atoms with Crippen LogP contribution < -0.4 is 10.6 Å². The van der Waals surface area contributed by atoms with Crippen LogP contribution in [0.2, 0.25) is 0 Å². The molecule has 2 heterocycles. The standard InChI is InChI=1S/C40H50N6O4/c1-23(2)33(45-37(47)49-39(5,6)7)35-41-21-31(43-35)26-13-11-25(12-14-26)27-15-16-29-20-30(18-17-28(29)19-27)32-22-42-36(44-32)34(24(3)4)46-38(48)50-40(8,9)10/h11-24,33-34H,1-10H3,(H,41,43)(H,42,44)(H,45,47)(H,46,48)/t33-,34-/m0/s1. The molecule has 2 atom stereocenters. The first-order valence-corrected chi connectivity index (χ1v) is 17.2. The molecule has 10 heteroatoms. The number of benzene rings is 3. The number of H-pyrrole nitrogens is 2. The van der Waals surface area contributed by atoms with Crippen molar-refractivity contribution in [1.29, 1.82) is 0 Å². The van der Waals surface area contributed by atoms with E-state index in [4.69, 9.17) is 14.5 Å². The Balaban J connectivity index is 1.29. The number of aromatic nitrogens is 4. The fraction of sp³-hybridized carbons (Fsp3) is 0.400. The van der Waals surface area contributed by atoms with Crippen LogP contribution in [-0.4, -0.2) is 43.3 Å². The monoisotopic (exact) mass is 678 g/mol. The van der Waals surface area contributed by atoms with E-state index in [2.05, 4.69) is 86.2 Å². The highest BCUT2D eigenvalue weighted by Crippen LogP contribution is 2.31. The van der Waals surface area contributed by atoms with E-state index in [0.29, 0.717) is 11.6 Å². The van der Waals surface area contributed by atoms with Gasteiger partial charge in [0.05, 0.1) is 29.7 Å². The van der Waals surface area contributed by atoms with Gasteiger partial charge in [0.25, 0.3) is 0 Å². The minimum atomic E-state index is -0.582. The zero-order chi connectivity index (χ0) is 36.4. The summed E-state index contributed by atoms with van der Waals surface area (Å²) in [5, 5.41) is 8.14. The maximum absolute atomic E-state index is 12.5. The summed E-state index contributed by atoms with van der Waals surface area (Å²) in [4.78, 5) is 41.1. The number of carbonyl (C=O) groups is 2. The van der Waals surface area contributed by atoms with Gasteiger partial charge in [0, 0.05) is 11.8 Å². The molecule has 0 bridgehead atoms. The Kier molecular flexibility index (Phi) is 10.4. The maximum atomic E-state index is 12.5. The average Bonchev–Trinajstić information content (AvgIpc) is 3.71. The Hall–Kier alpha value is -5.12. The molecule has 0 aliphatic rings. The fourth-order valence-electron chi connectivity index (χ4n) is 5.68. The zero-order valence-corrected chi connectivity index (χ0v) is 30.8. The van der Waals surface area contributed by atoms with Gasteiger partial charge >= 0.3 is 12.2 Å². The van der Waals surface area contributed by atoms with E-state index < -0.39 is 23.4 Å². The third kappa shape index (κ3) is 9.11. The summed E-state index contributed by atoms with van der Waals surface area (Å²) in [5.74, 6) is 1.58. The van der Waals surface area contributed by atoms with Gasteiger partial charge in [-0.1, -0.05) is 76.2 Å². The van der Waals surface area contributed by atoms with Crippen molar-refractivity contribution in [1.82, 2.24) is 30.6 Å². The van der Waals surface area contributed by atoms with Crippen LogP contribution in [0.5, 0.6) is 0 Å². The van der Waals surface area contributed by atoms with Crippen molar-refractivity contribution >= 4 is 23.0 Å². The summed E-state index contributed by atoms with van der Waals surface area (Å²) in [7, 11) is 0. The number of imidazole rings is 2. The molecule has 0 radical (unpaired) electrons. The predicted molar refractivity (Wildman–Crippen MR) is 198 cm³/mol. The molecule has 10 nitrogen and oxygen atoms in total. The number of carbonyl (C=O) groups excluding carboxylic acids is 2. The zero-order valence-electron chi connectivity index (χ0n) is 30.8. The molecule has 0 spiro atoms. The van der Waals surface area contributed by atoms with Gasteiger partial charge in [0.1, 0.15) is 22.9 Å². The molecule has 0 saturated carbocycles. The molecule has 50 heavy (non-hydrogen) atoms. The van der Waals surface area contributed by atoms with Crippen LogP contribution >= 0.6 is 0 Å². The average molecular weight is 679 g/mol. The Morgan fingerprint density at radius 2 is 1.14 bits per heavy atom. The third-order valence-corrected chi connectivity index (χ3v) is 8.13. The molecule has 264 valence electrons. The molecular formula is C40H50N6O4. The van der Waals surface area contributed by atoms with E-state index >= 15 is 0 Å². The molecule has 0 aliphatic heterocycles. The molecule has 5 rings (SSSR count). The van der Waals surface area contributed by atoms with Crippen molar-refractivity contribution in [2.24, 2.45) is 11.8 Å². The van der Waals surface area contributed by atoms with Crippen molar-refractivity contribution in [3.8, 4) is 33.6 Å². The third-order valence-electron chi connectivity index (χ3n) is 8.13. The number of nitrogens with one attached hydrogen (secondary N) is 4. The van der Waals surface area contributed by atoms with Crippen LogP contribution in [0.3, 0.4) is 0 Å². The van der Waals surface area contributed by atoms with Crippen molar-refractivity contribution in [2.45, 2.75) is 92.5 Å². The molecule has 2 aromatic heterocycles. The topological polar surface area (TPSA) is 134 Å². The first-order chi connectivity index (χ1) is 23.5. The van der Waals surface area contributed by atoms with E-state index in [1.54, 1.807) is 6.20 Å². The molecule has 4 N–H and O–H groups in total. The molecule has 0 unspecified atom stereocenters. The van der Waals surface area contributed by atoms with E-state index in [9.17, 15) is 9.59 Å². The fourth-order valence-corrected chi connectivity index (χ4v) is 5.68. The highest BCUT2D eigenvalue weighted by atomic mass is 16.6. The second-order valence-electron chi connectivity index (χ2n) is 15.4. The van der Waals surface area contributed by atoms with Crippen molar-refractivity contribution in [3.63, 3.8) is 0 Å². The first kappa shape index (κ1) is 36.2. The molecule has 3 aromatic carbocycles. The first-order valence-electron chi connectivity index (χ1n) is 17.2. The number of hydrogen-bond acceptors (Lipinski definition) is 6. The smallest absolute Gasteiger partial charge is 0.408 e. The summed E-state index contributed by atoms with van der Waals surface area (Å²) >= 11 is 0. The quantitative estimate of drug-likeness (QED) is 0.123. The molecule has 2 amide bonds.